The number of nitrogens with two attached hydrogens (primary N) is 1. The van der Waals surface area contributed by atoms with Crippen molar-refractivity contribution < 1.29 is 9.21 Å². The molecule has 2 N–H and O–H groups in total. The lowest BCUT2D eigenvalue weighted by Crippen LogP contribution is -2.31. The van der Waals surface area contributed by atoms with Gasteiger partial charge in [-0.2, -0.15) is 0 Å². The Morgan fingerprint density at radius 2 is 2.16 bits per heavy atom. The van der Waals surface area contributed by atoms with Crippen molar-refractivity contribution in [2.45, 2.75) is 18.9 Å². The number of furan rings is 1. The Bertz CT molecular complexity index is 578. The van der Waals surface area contributed by atoms with E-state index in [-0.39, 0.29) is 11.9 Å². The zero-order valence-corrected chi connectivity index (χ0v) is 10.6. The summed E-state index contributed by atoms with van der Waals surface area (Å²) in [6.07, 6.45) is 4.80. The van der Waals surface area contributed by atoms with Crippen molar-refractivity contribution in [1.82, 2.24) is 0 Å². The second kappa shape index (κ2) is 4.90. The van der Waals surface area contributed by atoms with Crippen molar-refractivity contribution in [1.29, 1.82) is 0 Å². The van der Waals surface area contributed by atoms with Crippen molar-refractivity contribution in [2.24, 2.45) is 5.73 Å². The third-order valence-electron chi connectivity index (χ3n) is 3.54. The van der Waals surface area contributed by atoms with Gasteiger partial charge in [0.25, 0.3) is 5.91 Å². The molecule has 0 saturated heterocycles. The molecule has 1 amide bonds. The van der Waals surface area contributed by atoms with E-state index in [0.717, 1.165) is 24.1 Å². The van der Waals surface area contributed by atoms with Crippen LogP contribution in [0.25, 0.3) is 0 Å². The molecule has 1 unspecified atom stereocenters. The molecule has 0 radical (unpaired) electrons. The fourth-order valence-corrected chi connectivity index (χ4v) is 2.55. The van der Waals surface area contributed by atoms with Crippen LogP contribution in [0.3, 0.4) is 0 Å². The Morgan fingerprint density at radius 3 is 2.95 bits per heavy atom. The van der Waals surface area contributed by atoms with Crippen LogP contribution in [0.1, 0.15) is 34.8 Å². The van der Waals surface area contributed by atoms with Gasteiger partial charge in [-0.05, 0) is 30.5 Å². The zero-order valence-electron chi connectivity index (χ0n) is 10.6. The minimum atomic E-state index is -0.0321. The highest BCUT2D eigenvalue weighted by atomic mass is 16.3. The predicted octanol–water partition coefficient (Wildman–Crippen LogP) is 2.72. The molecule has 1 aromatic carbocycles. The molecule has 0 spiro atoms. The molecule has 3 rings (SSSR count). The minimum Gasteiger partial charge on any atom is -0.472 e. The standard InChI is InChI=1S/C15H16N2O2/c16-13-5-3-8-17(14-6-2-1-4-12(13)14)15(18)11-7-9-19-10-11/h1-2,4,6-7,9-10,13H,3,5,8,16H2. The van der Waals surface area contributed by atoms with E-state index in [0.29, 0.717) is 12.1 Å². The van der Waals surface area contributed by atoms with Crippen LogP contribution in [0, 0.1) is 0 Å². The molecule has 1 aliphatic heterocycles. The van der Waals surface area contributed by atoms with Crippen LogP contribution in [0.2, 0.25) is 0 Å². The lowest BCUT2D eigenvalue weighted by atomic mass is 10.0. The van der Waals surface area contributed by atoms with Crippen LogP contribution in [-0.2, 0) is 0 Å². The van der Waals surface area contributed by atoms with Gasteiger partial charge in [-0.25, -0.2) is 0 Å². The number of hydrogen-bond donors (Lipinski definition) is 1. The predicted molar refractivity (Wildman–Crippen MR) is 73.0 cm³/mol. The molecule has 1 aromatic heterocycles. The summed E-state index contributed by atoms with van der Waals surface area (Å²) in [6.45, 7) is 0.689. The Morgan fingerprint density at radius 1 is 1.32 bits per heavy atom. The summed E-state index contributed by atoms with van der Waals surface area (Å²) >= 11 is 0. The molecule has 0 aliphatic carbocycles. The zero-order chi connectivity index (χ0) is 13.2. The molecule has 0 bridgehead atoms. The molecule has 19 heavy (non-hydrogen) atoms. The lowest BCUT2D eigenvalue weighted by molar-refractivity contribution is 0.0986. The molecule has 2 aromatic rings. The molecule has 1 aliphatic rings. The van der Waals surface area contributed by atoms with Crippen molar-refractivity contribution in [2.75, 3.05) is 11.4 Å². The average Bonchev–Trinajstić information content (AvgIpc) is 2.91. The molecule has 0 fully saturated rings. The molecule has 4 nitrogen and oxygen atoms in total. The van der Waals surface area contributed by atoms with E-state index in [1.165, 1.54) is 12.5 Å². The summed E-state index contributed by atoms with van der Waals surface area (Å²) in [6, 6.07) is 9.55. The van der Waals surface area contributed by atoms with E-state index < -0.39 is 0 Å². The average molecular weight is 256 g/mol. The van der Waals surface area contributed by atoms with Gasteiger partial charge in [-0.1, -0.05) is 18.2 Å². The van der Waals surface area contributed by atoms with Crippen molar-refractivity contribution in [3.63, 3.8) is 0 Å². The number of benzene rings is 1. The SMILES string of the molecule is NC1CCCN(C(=O)c2ccoc2)c2ccccc21. The Balaban J connectivity index is 2.02. The van der Waals surface area contributed by atoms with Crippen LogP contribution in [0.15, 0.2) is 47.3 Å². The number of fused-ring (bicyclic) bond motifs is 1. The Kier molecular flexibility index (Phi) is 3.09. The monoisotopic (exact) mass is 256 g/mol. The Labute approximate surface area is 111 Å². The molecular formula is C15H16N2O2. The number of amides is 1. The van der Waals surface area contributed by atoms with Gasteiger partial charge in [0, 0.05) is 18.3 Å². The number of nitrogens with zero attached hydrogens (tertiary/aromatic N) is 1. The molecular weight excluding hydrogens is 240 g/mol. The quantitative estimate of drug-likeness (QED) is 0.853. The van der Waals surface area contributed by atoms with Crippen LogP contribution in [0.4, 0.5) is 5.69 Å². The summed E-state index contributed by atoms with van der Waals surface area (Å²) in [5.74, 6) is -0.0321. The van der Waals surface area contributed by atoms with Gasteiger partial charge in [0.05, 0.1) is 11.8 Å². The highest BCUT2D eigenvalue weighted by Gasteiger charge is 2.25. The van der Waals surface area contributed by atoms with E-state index >= 15 is 0 Å². The molecule has 4 heteroatoms. The van der Waals surface area contributed by atoms with Gasteiger partial charge in [0.2, 0.25) is 0 Å². The first-order valence-corrected chi connectivity index (χ1v) is 6.46. The molecule has 1 atom stereocenters. The van der Waals surface area contributed by atoms with E-state index in [9.17, 15) is 4.79 Å². The third kappa shape index (κ3) is 2.15. The van der Waals surface area contributed by atoms with Gasteiger partial charge < -0.3 is 15.1 Å². The van der Waals surface area contributed by atoms with Gasteiger partial charge in [0.15, 0.2) is 0 Å². The minimum absolute atomic E-state index is 0.00153. The molecule has 0 saturated carbocycles. The van der Waals surface area contributed by atoms with Gasteiger partial charge >= 0.3 is 0 Å². The largest absolute Gasteiger partial charge is 0.472 e. The van der Waals surface area contributed by atoms with E-state index in [2.05, 4.69) is 0 Å². The maximum Gasteiger partial charge on any atom is 0.261 e. The topological polar surface area (TPSA) is 59.5 Å². The molecule has 2 heterocycles. The van der Waals surface area contributed by atoms with Crippen molar-refractivity contribution in [3.05, 3.63) is 54.0 Å². The number of carbonyl (C=O) groups is 1. The second-order valence-corrected chi connectivity index (χ2v) is 4.78. The highest BCUT2D eigenvalue weighted by molar-refractivity contribution is 6.06. The summed E-state index contributed by atoms with van der Waals surface area (Å²) in [5.41, 5.74) is 8.70. The van der Waals surface area contributed by atoms with Crippen molar-refractivity contribution in [3.8, 4) is 0 Å². The molecule has 98 valence electrons. The van der Waals surface area contributed by atoms with Crippen molar-refractivity contribution >= 4 is 11.6 Å². The number of para-hydroxylation sites is 1. The van der Waals surface area contributed by atoms with Crippen LogP contribution in [0.5, 0.6) is 0 Å². The lowest BCUT2D eigenvalue weighted by Gasteiger charge is -2.22. The second-order valence-electron chi connectivity index (χ2n) is 4.78. The van der Waals surface area contributed by atoms with Crippen LogP contribution >= 0.6 is 0 Å². The van der Waals surface area contributed by atoms with Crippen LogP contribution in [-0.4, -0.2) is 12.5 Å². The maximum atomic E-state index is 12.5. The normalized spacial score (nSPS) is 18.8. The summed E-state index contributed by atoms with van der Waals surface area (Å²) in [7, 11) is 0. The first-order chi connectivity index (χ1) is 9.27. The number of anilines is 1. The Hall–Kier alpha value is -2.07. The third-order valence-corrected chi connectivity index (χ3v) is 3.54. The van der Waals surface area contributed by atoms with E-state index in [1.54, 1.807) is 11.0 Å². The first kappa shape index (κ1) is 12.0. The van der Waals surface area contributed by atoms with Gasteiger partial charge in [-0.15, -0.1) is 0 Å². The van der Waals surface area contributed by atoms with E-state index in [4.69, 9.17) is 10.2 Å². The van der Waals surface area contributed by atoms with Gasteiger partial charge in [-0.3, -0.25) is 4.79 Å². The van der Waals surface area contributed by atoms with Crippen LogP contribution < -0.4 is 10.6 Å². The fourth-order valence-electron chi connectivity index (χ4n) is 2.55. The van der Waals surface area contributed by atoms with E-state index in [1.807, 2.05) is 24.3 Å². The summed E-state index contributed by atoms with van der Waals surface area (Å²) < 4.78 is 4.99. The highest BCUT2D eigenvalue weighted by Crippen LogP contribution is 2.32. The maximum absolute atomic E-state index is 12.5. The number of carbonyl (C=O) groups excluding carboxylic acids is 1. The fraction of sp³-hybridized carbons (Fsp3) is 0.267. The smallest absolute Gasteiger partial charge is 0.261 e. The van der Waals surface area contributed by atoms with Gasteiger partial charge in [0.1, 0.15) is 6.26 Å². The number of rotatable bonds is 1. The summed E-state index contributed by atoms with van der Waals surface area (Å²) in [4.78, 5) is 14.3. The number of hydrogen-bond acceptors (Lipinski definition) is 3. The summed E-state index contributed by atoms with van der Waals surface area (Å²) in [5, 5.41) is 0. The first-order valence-electron chi connectivity index (χ1n) is 6.46.